The van der Waals surface area contributed by atoms with E-state index in [1.807, 2.05) is 0 Å². The molecule has 0 spiro atoms. The molecule has 76 valence electrons. The van der Waals surface area contributed by atoms with Crippen molar-refractivity contribution in [2.24, 2.45) is 11.7 Å². The molecule has 1 fully saturated rings. The average molecular weight is 212 g/mol. The summed E-state index contributed by atoms with van der Waals surface area (Å²) < 4.78 is 5.16. The van der Waals surface area contributed by atoms with E-state index in [1.54, 1.807) is 5.38 Å². The van der Waals surface area contributed by atoms with Gasteiger partial charge in [0.15, 0.2) is 5.78 Å². The van der Waals surface area contributed by atoms with Crippen LogP contribution in [0.2, 0.25) is 0 Å². The van der Waals surface area contributed by atoms with Crippen LogP contribution in [-0.4, -0.2) is 24.0 Å². The molecule has 0 aliphatic carbocycles. The first-order chi connectivity index (χ1) is 6.81. The van der Waals surface area contributed by atoms with E-state index < -0.39 is 0 Å². The molecular formula is C9H12N2O2S. The number of hydrogen-bond acceptors (Lipinski definition) is 5. The summed E-state index contributed by atoms with van der Waals surface area (Å²) in [6.07, 6.45) is 0.814. The largest absolute Gasteiger partial charge is 0.381 e. The smallest absolute Gasteiger partial charge is 0.187 e. The Hall–Kier alpha value is -0.780. The molecule has 4 nitrogen and oxygen atoms in total. The highest BCUT2D eigenvalue weighted by atomic mass is 32.1. The van der Waals surface area contributed by atoms with E-state index in [1.165, 1.54) is 11.3 Å². The highest BCUT2D eigenvalue weighted by Crippen LogP contribution is 2.19. The zero-order valence-corrected chi connectivity index (χ0v) is 8.55. The lowest BCUT2D eigenvalue weighted by molar-refractivity contribution is 0.0895. The first kappa shape index (κ1) is 9.76. The van der Waals surface area contributed by atoms with Crippen LogP contribution < -0.4 is 5.73 Å². The Morgan fingerprint density at radius 2 is 2.64 bits per heavy atom. The molecule has 0 amide bonds. The number of rotatable bonds is 3. The van der Waals surface area contributed by atoms with Gasteiger partial charge >= 0.3 is 0 Å². The fourth-order valence-electron chi connectivity index (χ4n) is 1.47. The topological polar surface area (TPSA) is 65.2 Å². The zero-order valence-electron chi connectivity index (χ0n) is 7.73. The lowest BCUT2D eigenvalue weighted by Crippen LogP contribution is -2.15. The molecule has 1 aromatic heterocycles. The summed E-state index contributed by atoms with van der Waals surface area (Å²) in [5.41, 5.74) is 5.98. The molecule has 1 aliphatic rings. The Morgan fingerprint density at radius 3 is 3.21 bits per heavy atom. The minimum atomic E-state index is 0.00252. The van der Waals surface area contributed by atoms with E-state index in [9.17, 15) is 4.79 Å². The van der Waals surface area contributed by atoms with Crippen molar-refractivity contribution in [3.05, 3.63) is 16.1 Å². The quantitative estimate of drug-likeness (QED) is 0.753. The van der Waals surface area contributed by atoms with Gasteiger partial charge < -0.3 is 10.5 Å². The average Bonchev–Trinajstić information content (AvgIpc) is 2.88. The summed E-state index contributed by atoms with van der Waals surface area (Å²) in [4.78, 5) is 16.0. The number of Topliss-reactive ketones (excluding diaryl/α,β-unsaturated/α-hetero) is 1. The fraction of sp³-hybridized carbons (Fsp3) is 0.556. The molecule has 0 radical (unpaired) electrons. The van der Waals surface area contributed by atoms with Gasteiger partial charge in [0.25, 0.3) is 0 Å². The number of nitrogens with two attached hydrogens (primary N) is 1. The maximum absolute atomic E-state index is 11.8. The zero-order chi connectivity index (χ0) is 9.97. The number of ketones is 1. The van der Waals surface area contributed by atoms with Crippen molar-refractivity contribution in [2.45, 2.75) is 13.0 Å². The molecule has 1 unspecified atom stereocenters. The lowest BCUT2D eigenvalue weighted by Gasteiger charge is -2.02. The minimum Gasteiger partial charge on any atom is -0.381 e. The van der Waals surface area contributed by atoms with E-state index in [4.69, 9.17) is 10.5 Å². The SMILES string of the molecule is NCc1nc(C(=O)C2CCOC2)cs1. The first-order valence-electron chi connectivity index (χ1n) is 4.57. The van der Waals surface area contributed by atoms with E-state index in [2.05, 4.69) is 4.98 Å². The second kappa shape index (κ2) is 4.16. The van der Waals surface area contributed by atoms with Crippen molar-refractivity contribution in [3.63, 3.8) is 0 Å². The number of hydrogen-bond donors (Lipinski definition) is 1. The Balaban J connectivity index is 2.09. The van der Waals surface area contributed by atoms with E-state index in [0.717, 1.165) is 11.4 Å². The van der Waals surface area contributed by atoms with Crippen LogP contribution in [0.5, 0.6) is 0 Å². The summed E-state index contributed by atoms with van der Waals surface area (Å²) >= 11 is 1.44. The number of aromatic nitrogens is 1. The molecule has 2 rings (SSSR count). The molecule has 1 aliphatic heterocycles. The van der Waals surface area contributed by atoms with Crippen molar-refractivity contribution in [3.8, 4) is 0 Å². The third-order valence-electron chi connectivity index (χ3n) is 2.28. The molecule has 14 heavy (non-hydrogen) atoms. The van der Waals surface area contributed by atoms with E-state index >= 15 is 0 Å². The van der Waals surface area contributed by atoms with E-state index in [-0.39, 0.29) is 11.7 Å². The van der Waals surface area contributed by atoms with Gasteiger partial charge in [0, 0.05) is 24.4 Å². The predicted molar refractivity (Wildman–Crippen MR) is 53.3 cm³/mol. The molecule has 2 N–H and O–H groups in total. The molecule has 1 atom stereocenters. The van der Waals surface area contributed by atoms with Gasteiger partial charge in [-0.25, -0.2) is 4.98 Å². The van der Waals surface area contributed by atoms with Crippen LogP contribution in [0.1, 0.15) is 21.9 Å². The third kappa shape index (κ3) is 1.84. The van der Waals surface area contributed by atoms with Crippen molar-refractivity contribution in [1.82, 2.24) is 4.98 Å². The summed E-state index contributed by atoms with van der Waals surface area (Å²) in [6.45, 7) is 1.62. The number of ether oxygens (including phenoxy) is 1. The highest BCUT2D eigenvalue weighted by Gasteiger charge is 2.26. The molecular weight excluding hydrogens is 200 g/mol. The van der Waals surface area contributed by atoms with Gasteiger partial charge in [-0.3, -0.25) is 4.79 Å². The van der Waals surface area contributed by atoms with Gasteiger partial charge in [-0.1, -0.05) is 0 Å². The van der Waals surface area contributed by atoms with Gasteiger partial charge in [0.2, 0.25) is 0 Å². The Morgan fingerprint density at radius 1 is 1.79 bits per heavy atom. The second-order valence-electron chi connectivity index (χ2n) is 3.26. The molecule has 0 saturated carbocycles. The van der Waals surface area contributed by atoms with Gasteiger partial charge in [-0.15, -0.1) is 11.3 Å². The normalized spacial score (nSPS) is 21.4. The van der Waals surface area contributed by atoms with E-state index in [0.29, 0.717) is 25.5 Å². The standard InChI is InChI=1S/C9H12N2O2S/c10-3-8-11-7(5-14-8)9(12)6-1-2-13-4-6/h5-6H,1-4,10H2. The molecule has 0 bridgehead atoms. The van der Waals surface area contributed by atoms with Crippen molar-refractivity contribution >= 4 is 17.1 Å². The van der Waals surface area contributed by atoms with Crippen LogP contribution in [0.15, 0.2) is 5.38 Å². The number of carbonyl (C=O) groups excluding carboxylic acids is 1. The Kier molecular flexibility index (Phi) is 2.90. The molecule has 0 aromatic carbocycles. The molecule has 1 saturated heterocycles. The summed E-state index contributed by atoms with van der Waals surface area (Å²) in [7, 11) is 0. The van der Waals surface area contributed by atoms with Crippen LogP contribution >= 0.6 is 11.3 Å². The van der Waals surface area contributed by atoms with Gasteiger partial charge in [-0.05, 0) is 6.42 Å². The Bertz CT molecular complexity index is 331. The number of nitrogens with zero attached hydrogens (tertiary/aromatic N) is 1. The minimum absolute atomic E-state index is 0.00252. The maximum atomic E-state index is 11.8. The van der Waals surface area contributed by atoms with Crippen LogP contribution in [0.25, 0.3) is 0 Å². The monoisotopic (exact) mass is 212 g/mol. The summed E-state index contributed by atoms with van der Waals surface area (Å²) in [5.74, 6) is 0.0983. The molecule has 5 heteroatoms. The summed E-state index contributed by atoms with van der Waals surface area (Å²) in [5, 5.41) is 2.59. The molecule has 1 aromatic rings. The first-order valence-corrected chi connectivity index (χ1v) is 5.45. The number of carbonyl (C=O) groups is 1. The van der Waals surface area contributed by atoms with Crippen molar-refractivity contribution in [1.29, 1.82) is 0 Å². The highest BCUT2D eigenvalue weighted by molar-refractivity contribution is 7.09. The fourth-order valence-corrected chi connectivity index (χ4v) is 2.13. The van der Waals surface area contributed by atoms with Gasteiger partial charge in [0.05, 0.1) is 6.61 Å². The maximum Gasteiger partial charge on any atom is 0.187 e. The number of thiazole rings is 1. The lowest BCUT2D eigenvalue weighted by atomic mass is 10.0. The predicted octanol–water partition coefficient (Wildman–Crippen LogP) is 0.821. The second-order valence-corrected chi connectivity index (χ2v) is 4.20. The van der Waals surface area contributed by atoms with Crippen LogP contribution in [0.4, 0.5) is 0 Å². The van der Waals surface area contributed by atoms with Crippen LogP contribution in [0.3, 0.4) is 0 Å². The Labute approximate surface area is 86.1 Å². The molecule has 2 heterocycles. The summed E-state index contributed by atoms with van der Waals surface area (Å²) in [6, 6.07) is 0. The van der Waals surface area contributed by atoms with Crippen LogP contribution in [0, 0.1) is 5.92 Å². The van der Waals surface area contributed by atoms with Crippen molar-refractivity contribution < 1.29 is 9.53 Å². The third-order valence-corrected chi connectivity index (χ3v) is 3.15. The van der Waals surface area contributed by atoms with Crippen molar-refractivity contribution in [2.75, 3.05) is 13.2 Å². The van der Waals surface area contributed by atoms with Gasteiger partial charge in [-0.2, -0.15) is 0 Å². The van der Waals surface area contributed by atoms with Crippen LogP contribution in [-0.2, 0) is 11.3 Å². The van der Waals surface area contributed by atoms with Gasteiger partial charge in [0.1, 0.15) is 10.7 Å².